The predicted molar refractivity (Wildman–Crippen MR) is 119 cm³/mol. The molecule has 7 nitrogen and oxygen atoms in total. The van der Waals surface area contributed by atoms with E-state index >= 15 is 0 Å². The van der Waals surface area contributed by atoms with E-state index in [4.69, 9.17) is 14.2 Å². The Bertz CT molecular complexity index is 909. The normalized spacial score (nSPS) is 13.9. The second-order valence-corrected chi connectivity index (χ2v) is 7.61. The van der Waals surface area contributed by atoms with Gasteiger partial charge in [0.25, 0.3) is 11.8 Å². The van der Waals surface area contributed by atoms with Crippen LogP contribution in [0, 0.1) is 0 Å². The summed E-state index contributed by atoms with van der Waals surface area (Å²) < 4.78 is 16.3. The third-order valence-corrected chi connectivity index (χ3v) is 5.59. The second-order valence-electron chi connectivity index (χ2n) is 7.61. The molecule has 0 spiro atoms. The summed E-state index contributed by atoms with van der Waals surface area (Å²) in [6.07, 6.45) is 5.65. The van der Waals surface area contributed by atoms with Crippen LogP contribution in [0.25, 0.3) is 0 Å². The number of nitrogens with one attached hydrogen (secondary N) is 1. The first-order valence-corrected chi connectivity index (χ1v) is 10.5. The maximum Gasteiger partial charge on any atom is 0.262 e. The van der Waals surface area contributed by atoms with E-state index in [1.165, 1.54) is 13.5 Å². The number of benzene rings is 2. The minimum absolute atomic E-state index is 0.0364. The van der Waals surface area contributed by atoms with Gasteiger partial charge in [0, 0.05) is 18.7 Å². The number of anilines is 1. The molecular formula is C24H30N2O5. The molecule has 0 radical (unpaired) electrons. The molecule has 31 heavy (non-hydrogen) atoms. The molecule has 166 valence electrons. The van der Waals surface area contributed by atoms with Gasteiger partial charge in [0.2, 0.25) is 0 Å². The quantitative estimate of drug-likeness (QED) is 0.687. The molecular weight excluding hydrogens is 396 g/mol. The summed E-state index contributed by atoms with van der Waals surface area (Å²) in [6, 6.07) is 12.5. The Morgan fingerprint density at radius 2 is 1.68 bits per heavy atom. The fraction of sp³-hybridized carbons (Fsp3) is 0.417. The van der Waals surface area contributed by atoms with Gasteiger partial charge in [-0.1, -0.05) is 31.4 Å². The molecule has 1 saturated carbocycles. The minimum atomic E-state index is -0.330. The molecule has 1 aliphatic rings. The molecule has 0 heterocycles. The standard InChI is InChI=1S/C24H30N2O5/c1-26(18-9-5-4-6-10-18)24(28)17-13-14-21(22(15-17)30-3)31-16-23(27)25-19-11-7-8-12-20(19)29-2/h7-8,11-15,18H,4-6,9-10,16H2,1-3H3,(H,25,27). The number of hydrogen-bond donors (Lipinski definition) is 1. The lowest BCUT2D eigenvalue weighted by atomic mass is 9.94. The molecule has 0 saturated heterocycles. The summed E-state index contributed by atoms with van der Waals surface area (Å²) in [6.45, 7) is -0.205. The van der Waals surface area contributed by atoms with E-state index in [1.54, 1.807) is 37.4 Å². The zero-order valence-electron chi connectivity index (χ0n) is 18.3. The summed E-state index contributed by atoms with van der Waals surface area (Å²) in [4.78, 5) is 27.0. The average molecular weight is 427 g/mol. The Morgan fingerprint density at radius 1 is 0.968 bits per heavy atom. The summed E-state index contributed by atoms with van der Waals surface area (Å²) in [5, 5.41) is 2.76. The van der Waals surface area contributed by atoms with E-state index in [2.05, 4.69) is 5.32 Å². The molecule has 2 amide bonds. The van der Waals surface area contributed by atoms with Gasteiger partial charge < -0.3 is 24.4 Å². The Labute approximate surface area is 183 Å². The molecule has 0 unspecified atom stereocenters. The lowest BCUT2D eigenvalue weighted by molar-refractivity contribution is -0.118. The highest BCUT2D eigenvalue weighted by molar-refractivity contribution is 5.95. The summed E-state index contributed by atoms with van der Waals surface area (Å²) in [7, 11) is 4.91. The van der Waals surface area contributed by atoms with E-state index in [1.807, 2.05) is 24.1 Å². The van der Waals surface area contributed by atoms with Gasteiger partial charge in [0.15, 0.2) is 18.1 Å². The average Bonchev–Trinajstić information content (AvgIpc) is 2.82. The van der Waals surface area contributed by atoms with Gasteiger partial charge in [-0.05, 0) is 43.2 Å². The highest BCUT2D eigenvalue weighted by Gasteiger charge is 2.24. The summed E-state index contributed by atoms with van der Waals surface area (Å²) >= 11 is 0. The Balaban J connectivity index is 1.63. The third kappa shape index (κ3) is 5.69. The summed E-state index contributed by atoms with van der Waals surface area (Å²) in [5.41, 5.74) is 1.10. The molecule has 0 bridgehead atoms. The maximum atomic E-state index is 12.9. The number of amides is 2. The van der Waals surface area contributed by atoms with Crippen LogP contribution in [0.2, 0.25) is 0 Å². The first kappa shape index (κ1) is 22.5. The van der Waals surface area contributed by atoms with Crippen molar-refractivity contribution in [2.75, 3.05) is 33.2 Å². The number of nitrogens with zero attached hydrogens (tertiary/aromatic N) is 1. The largest absolute Gasteiger partial charge is 0.495 e. The molecule has 0 atom stereocenters. The highest BCUT2D eigenvalue weighted by Crippen LogP contribution is 2.30. The van der Waals surface area contributed by atoms with Crippen LogP contribution in [0.4, 0.5) is 5.69 Å². The number of hydrogen-bond acceptors (Lipinski definition) is 5. The minimum Gasteiger partial charge on any atom is -0.495 e. The fourth-order valence-corrected chi connectivity index (χ4v) is 3.84. The van der Waals surface area contributed by atoms with Crippen LogP contribution < -0.4 is 19.5 Å². The van der Waals surface area contributed by atoms with Gasteiger partial charge in [-0.15, -0.1) is 0 Å². The van der Waals surface area contributed by atoms with Crippen molar-refractivity contribution in [1.82, 2.24) is 4.90 Å². The van der Waals surface area contributed by atoms with Crippen LogP contribution in [0.15, 0.2) is 42.5 Å². The first-order chi connectivity index (χ1) is 15.0. The maximum absolute atomic E-state index is 12.9. The van der Waals surface area contributed by atoms with Gasteiger partial charge in [-0.25, -0.2) is 0 Å². The Kier molecular flexibility index (Phi) is 7.76. The molecule has 1 N–H and O–H groups in total. The van der Waals surface area contributed by atoms with Crippen LogP contribution in [-0.2, 0) is 4.79 Å². The Morgan fingerprint density at radius 3 is 2.39 bits per heavy atom. The molecule has 1 aliphatic carbocycles. The van der Waals surface area contributed by atoms with Crippen LogP contribution in [0.3, 0.4) is 0 Å². The zero-order valence-corrected chi connectivity index (χ0v) is 18.3. The van der Waals surface area contributed by atoms with Crippen molar-refractivity contribution < 1.29 is 23.8 Å². The molecule has 1 fully saturated rings. The number of para-hydroxylation sites is 2. The van der Waals surface area contributed by atoms with E-state index in [-0.39, 0.29) is 24.5 Å². The number of carbonyl (C=O) groups is 2. The van der Waals surface area contributed by atoms with Crippen molar-refractivity contribution in [1.29, 1.82) is 0 Å². The lowest BCUT2D eigenvalue weighted by Crippen LogP contribution is -2.38. The van der Waals surface area contributed by atoms with Crippen molar-refractivity contribution in [3.05, 3.63) is 48.0 Å². The van der Waals surface area contributed by atoms with E-state index < -0.39 is 0 Å². The van der Waals surface area contributed by atoms with Crippen LogP contribution in [-0.4, -0.2) is 50.6 Å². The van der Waals surface area contributed by atoms with E-state index in [0.29, 0.717) is 28.5 Å². The molecule has 3 rings (SSSR count). The SMILES string of the molecule is COc1ccccc1NC(=O)COc1ccc(C(=O)N(C)C2CCCCC2)cc1OC. The molecule has 0 aromatic heterocycles. The molecule has 2 aromatic carbocycles. The fourth-order valence-electron chi connectivity index (χ4n) is 3.84. The predicted octanol–water partition coefficient (Wildman–Crippen LogP) is 4.13. The zero-order chi connectivity index (χ0) is 22.2. The highest BCUT2D eigenvalue weighted by atomic mass is 16.5. The topological polar surface area (TPSA) is 77.1 Å². The van der Waals surface area contributed by atoms with Crippen molar-refractivity contribution in [3.8, 4) is 17.2 Å². The molecule has 7 heteroatoms. The number of carbonyl (C=O) groups excluding carboxylic acids is 2. The van der Waals surface area contributed by atoms with Crippen molar-refractivity contribution >= 4 is 17.5 Å². The first-order valence-electron chi connectivity index (χ1n) is 10.5. The van der Waals surface area contributed by atoms with Gasteiger partial charge in [0.1, 0.15) is 5.75 Å². The van der Waals surface area contributed by atoms with Gasteiger partial charge in [-0.3, -0.25) is 9.59 Å². The van der Waals surface area contributed by atoms with Gasteiger partial charge in [0.05, 0.1) is 19.9 Å². The van der Waals surface area contributed by atoms with Crippen LogP contribution >= 0.6 is 0 Å². The third-order valence-electron chi connectivity index (χ3n) is 5.59. The smallest absolute Gasteiger partial charge is 0.262 e. The molecule has 0 aliphatic heterocycles. The van der Waals surface area contributed by atoms with Crippen molar-refractivity contribution in [3.63, 3.8) is 0 Å². The van der Waals surface area contributed by atoms with Gasteiger partial charge in [-0.2, -0.15) is 0 Å². The Hall–Kier alpha value is -3.22. The van der Waals surface area contributed by atoms with Crippen molar-refractivity contribution in [2.45, 2.75) is 38.1 Å². The number of methoxy groups -OCH3 is 2. The van der Waals surface area contributed by atoms with Gasteiger partial charge >= 0.3 is 0 Å². The van der Waals surface area contributed by atoms with E-state index in [9.17, 15) is 9.59 Å². The summed E-state index contributed by atoms with van der Waals surface area (Å²) in [5.74, 6) is 1.01. The molecule has 2 aromatic rings. The van der Waals surface area contributed by atoms with Crippen LogP contribution in [0.1, 0.15) is 42.5 Å². The van der Waals surface area contributed by atoms with Crippen LogP contribution in [0.5, 0.6) is 17.2 Å². The lowest BCUT2D eigenvalue weighted by Gasteiger charge is -2.31. The number of ether oxygens (including phenoxy) is 3. The van der Waals surface area contributed by atoms with E-state index in [0.717, 1.165) is 25.7 Å². The van der Waals surface area contributed by atoms with Crippen molar-refractivity contribution in [2.24, 2.45) is 0 Å². The second kappa shape index (κ2) is 10.7. The monoisotopic (exact) mass is 426 g/mol. The number of rotatable bonds is 8.